The molecular formula is C29H28N4O4S. The van der Waals surface area contributed by atoms with Crippen LogP contribution in [0.4, 0.5) is 5.69 Å². The van der Waals surface area contributed by atoms with Crippen LogP contribution in [0.1, 0.15) is 28.4 Å². The zero-order chi connectivity index (χ0) is 26.4. The summed E-state index contributed by atoms with van der Waals surface area (Å²) >= 11 is 5.48. The Morgan fingerprint density at radius 2 is 1.82 bits per heavy atom. The molecule has 0 bridgehead atoms. The second-order valence-electron chi connectivity index (χ2n) is 9.90. The molecule has 0 radical (unpaired) electrons. The van der Waals surface area contributed by atoms with Crippen molar-refractivity contribution < 1.29 is 14.3 Å². The fourth-order valence-electron chi connectivity index (χ4n) is 5.24. The molecule has 3 aromatic carbocycles. The standard InChI is InChI=1S/C29H28N4O4S/c1-18-4-3-5-22(12-18)32-11-10-31(15-19(32)2)27(34)21-8-6-20(7-9-21)16-33-28(35)23-13-25-26(37-17-36-25)14-24(23)30-29(33)38/h3-9,12-14,19H,10-11,15-17H2,1-2H3,(H,30,38)/t19-/m1/s1. The number of aryl methyl sites for hydroxylation is 1. The van der Waals surface area contributed by atoms with E-state index >= 15 is 0 Å². The van der Waals surface area contributed by atoms with E-state index in [2.05, 4.69) is 48.0 Å². The lowest BCUT2D eigenvalue weighted by molar-refractivity contribution is 0.0726. The Hall–Kier alpha value is -4.11. The molecule has 0 aliphatic carbocycles. The normalized spacial score (nSPS) is 16.7. The van der Waals surface area contributed by atoms with Crippen molar-refractivity contribution in [2.45, 2.75) is 26.4 Å². The van der Waals surface area contributed by atoms with Gasteiger partial charge in [-0.05, 0) is 67.5 Å². The van der Waals surface area contributed by atoms with Crippen LogP contribution in [-0.2, 0) is 6.54 Å². The van der Waals surface area contributed by atoms with E-state index in [0.29, 0.717) is 52.4 Å². The zero-order valence-electron chi connectivity index (χ0n) is 21.3. The first kappa shape index (κ1) is 24.2. The van der Waals surface area contributed by atoms with Crippen molar-refractivity contribution in [3.05, 3.63) is 92.5 Å². The lowest BCUT2D eigenvalue weighted by Crippen LogP contribution is -2.53. The van der Waals surface area contributed by atoms with Crippen molar-refractivity contribution in [1.82, 2.24) is 14.5 Å². The summed E-state index contributed by atoms with van der Waals surface area (Å²) in [5.41, 5.74) is 4.34. The van der Waals surface area contributed by atoms with Crippen molar-refractivity contribution in [3.63, 3.8) is 0 Å². The minimum absolute atomic E-state index is 0.0172. The monoisotopic (exact) mass is 528 g/mol. The number of fused-ring (bicyclic) bond motifs is 2. The number of benzene rings is 3. The van der Waals surface area contributed by atoms with Gasteiger partial charge >= 0.3 is 0 Å². The Kier molecular flexibility index (Phi) is 6.15. The minimum atomic E-state index is -0.206. The number of carbonyl (C=O) groups is 1. The maximum absolute atomic E-state index is 13.3. The number of nitrogens with one attached hydrogen (secondary N) is 1. The third kappa shape index (κ3) is 4.43. The molecule has 0 saturated carbocycles. The fourth-order valence-corrected chi connectivity index (χ4v) is 5.49. The van der Waals surface area contributed by atoms with Gasteiger partial charge in [0.2, 0.25) is 6.79 Å². The number of rotatable bonds is 4. The molecule has 1 aromatic heterocycles. The fraction of sp³-hybridized carbons (Fsp3) is 0.276. The molecule has 2 aliphatic rings. The van der Waals surface area contributed by atoms with Gasteiger partial charge in [0.05, 0.1) is 17.4 Å². The van der Waals surface area contributed by atoms with Crippen molar-refractivity contribution >= 4 is 34.7 Å². The van der Waals surface area contributed by atoms with E-state index in [9.17, 15) is 9.59 Å². The SMILES string of the molecule is Cc1cccc(N2CCN(C(=O)c3ccc(Cn4c(=S)[nH]c5cc6c(cc5c4=O)OCO6)cc3)C[C@H]2C)c1. The molecule has 0 unspecified atom stereocenters. The molecule has 0 spiro atoms. The average Bonchev–Trinajstić information content (AvgIpc) is 3.37. The zero-order valence-corrected chi connectivity index (χ0v) is 22.1. The maximum atomic E-state index is 13.3. The van der Waals surface area contributed by atoms with Crippen LogP contribution in [0.3, 0.4) is 0 Å². The lowest BCUT2D eigenvalue weighted by Gasteiger charge is -2.41. The Morgan fingerprint density at radius 3 is 2.55 bits per heavy atom. The number of amides is 1. The van der Waals surface area contributed by atoms with Crippen LogP contribution >= 0.6 is 12.2 Å². The van der Waals surface area contributed by atoms with Crippen molar-refractivity contribution in [2.75, 3.05) is 31.3 Å². The molecule has 1 atom stereocenters. The van der Waals surface area contributed by atoms with Crippen LogP contribution in [0.2, 0.25) is 0 Å². The van der Waals surface area contributed by atoms with E-state index < -0.39 is 0 Å². The number of H-pyrrole nitrogens is 1. The summed E-state index contributed by atoms with van der Waals surface area (Å²) in [7, 11) is 0. The molecule has 6 rings (SSSR count). The summed E-state index contributed by atoms with van der Waals surface area (Å²) in [5, 5.41) is 0.480. The number of piperazine rings is 1. The number of aromatic amines is 1. The molecule has 38 heavy (non-hydrogen) atoms. The predicted octanol–water partition coefficient (Wildman–Crippen LogP) is 4.50. The van der Waals surface area contributed by atoms with Gasteiger partial charge in [0.1, 0.15) is 0 Å². The van der Waals surface area contributed by atoms with Crippen molar-refractivity contribution in [1.29, 1.82) is 0 Å². The Bertz CT molecular complexity index is 1660. The van der Waals surface area contributed by atoms with Gasteiger partial charge in [0.25, 0.3) is 11.5 Å². The van der Waals surface area contributed by atoms with Crippen LogP contribution < -0.4 is 19.9 Å². The topological polar surface area (TPSA) is 79.8 Å². The van der Waals surface area contributed by atoms with Crippen LogP contribution in [0.5, 0.6) is 11.5 Å². The smallest absolute Gasteiger partial charge is 0.262 e. The summed E-state index contributed by atoms with van der Waals surface area (Å²) < 4.78 is 12.7. The number of hydrogen-bond acceptors (Lipinski definition) is 6. The van der Waals surface area contributed by atoms with Gasteiger partial charge in [-0.25, -0.2) is 0 Å². The number of aromatic nitrogens is 2. The van der Waals surface area contributed by atoms with Crippen molar-refractivity contribution in [3.8, 4) is 11.5 Å². The number of carbonyl (C=O) groups excluding carboxylic acids is 1. The quantitative estimate of drug-likeness (QED) is 0.393. The summed E-state index contributed by atoms with van der Waals surface area (Å²) in [4.78, 5) is 33.9. The molecule has 1 fully saturated rings. The van der Waals surface area contributed by atoms with Gasteiger partial charge in [-0.2, -0.15) is 0 Å². The van der Waals surface area contributed by atoms with E-state index in [-0.39, 0.29) is 24.3 Å². The van der Waals surface area contributed by atoms with E-state index in [1.165, 1.54) is 15.8 Å². The predicted molar refractivity (Wildman–Crippen MR) is 149 cm³/mol. The van der Waals surface area contributed by atoms with Gasteiger partial charge in [0.15, 0.2) is 16.3 Å². The largest absolute Gasteiger partial charge is 0.454 e. The Balaban J connectivity index is 1.17. The first-order valence-electron chi connectivity index (χ1n) is 12.7. The van der Waals surface area contributed by atoms with Gasteiger partial charge in [-0.3, -0.25) is 14.2 Å². The van der Waals surface area contributed by atoms with Crippen molar-refractivity contribution in [2.24, 2.45) is 0 Å². The molecule has 1 N–H and O–H groups in total. The van der Waals surface area contributed by atoms with Crippen LogP contribution in [0.15, 0.2) is 65.5 Å². The molecule has 194 valence electrons. The molecule has 1 amide bonds. The highest BCUT2D eigenvalue weighted by Crippen LogP contribution is 2.34. The lowest BCUT2D eigenvalue weighted by atomic mass is 10.1. The number of hydrogen-bond donors (Lipinski definition) is 1. The molecule has 8 nitrogen and oxygen atoms in total. The van der Waals surface area contributed by atoms with E-state index in [4.69, 9.17) is 21.7 Å². The van der Waals surface area contributed by atoms with E-state index in [1.807, 2.05) is 29.2 Å². The molecule has 9 heteroatoms. The van der Waals surface area contributed by atoms with Gasteiger partial charge < -0.3 is 24.3 Å². The number of anilines is 1. The van der Waals surface area contributed by atoms with Crippen LogP contribution in [0.25, 0.3) is 10.9 Å². The average molecular weight is 529 g/mol. The summed E-state index contributed by atoms with van der Waals surface area (Å²) in [6.07, 6.45) is 0. The molecule has 1 saturated heterocycles. The highest BCUT2D eigenvalue weighted by Gasteiger charge is 2.27. The first-order valence-corrected chi connectivity index (χ1v) is 13.1. The summed E-state index contributed by atoms with van der Waals surface area (Å²) in [6, 6.07) is 19.5. The van der Waals surface area contributed by atoms with Crippen LogP contribution in [-0.4, -0.2) is 52.8 Å². The Morgan fingerprint density at radius 1 is 1.05 bits per heavy atom. The molecule has 2 aliphatic heterocycles. The summed E-state index contributed by atoms with van der Waals surface area (Å²) in [6.45, 7) is 6.79. The highest BCUT2D eigenvalue weighted by atomic mass is 32.1. The second-order valence-corrected chi connectivity index (χ2v) is 10.3. The van der Waals surface area contributed by atoms with Crippen LogP contribution in [0, 0.1) is 11.7 Å². The first-order chi connectivity index (χ1) is 18.4. The minimum Gasteiger partial charge on any atom is -0.454 e. The molecule has 4 aromatic rings. The van der Waals surface area contributed by atoms with E-state index in [1.54, 1.807) is 12.1 Å². The Labute approximate surface area is 225 Å². The second kappa shape index (κ2) is 9.64. The maximum Gasteiger partial charge on any atom is 0.262 e. The third-order valence-electron chi connectivity index (χ3n) is 7.26. The van der Waals surface area contributed by atoms with Gasteiger partial charge in [0, 0.05) is 43.0 Å². The molecule has 3 heterocycles. The van der Waals surface area contributed by atoms with Gasteiger partial charge in [-0.15, -0.1) is 0 Å². The molecular weight excluding hydrogens is 500 g/mol. The number of nitrogens with zero attached hydrogens (tertiary/aromatic N) is 3. The third-order valence-corrected chi connectivity index (χ3v) is 7.59. The van der Waals surface area contributed by atoms with E-state index in [0.717, 1.165) is 12.1 Å². The summed E-state index contributed by atoms with van der Waals surface area (Å²) in [5.74, 6) is 1.15. The number of ether oxygens (including phenoxy) is 2. The highest BCUT2D eigenvalue weighted by molar-refractivity contribution is 7.71. The van der Waals surface area contributed by atoms with Gasteiger partial charge in [-0.1, -0.05) is 24.3 Å².